The molecule has 0 spiro atoms. The van der Waals surface area contributed by atoms with Crippen LogP contribution in [0.4, 0.5) is 0 Å². The number of aryl methyl sites for hydroxylation is 3. The van der Waals surface area contributed by atoms with Gasteiger partial charge in [0.1, 0.15) is 5.75 Å². The first-order valence-corrected chi connectivity index (χ1v) is 8.84. The van der Waals surface area contributed by atoms with Gasteiger partial charge in [-0.2, -0.15) is 0 Å². The highest BCUT2D eigenvalue weighted by atomic mass is 16.5. The van der Waals surface area contributed by atoms with E-state index in [2.05, 4.69) is 0 Å². The molecule has 2 aromatic carbocycles. The van der Waals surface area contributed by atoms with Gasteiger partial charge >= 0.3 is 5.97 Å². The van der Waals surface area contributed by atoms with Gasteiger partial charge in [-0.05, 0) is 55.4 Å². The number of hydrogen-bond donors (Lipinski definition) is 3. The van der Waals surface area contributed by atoms with E-state index in [0.29, 0.717) is 17.7 Å². The van der Waals surface area contributed by atoms with Crippen molar-refractivity contribution < 1.29 is 24.9 Å². The van der Waals surface area contributed by atoms with Gasteiger partial charge in [0.15, 0.2) is 12.4 Å². The lowest BCUT2D eigenvalue weighted by molar-refractivity contribution is -0.145. The van der Waals surface area contributed by atoms with Crippen LogP contribution in [0.5, 0.6) is 5.75 Å². The zero-order valence-corrected chi connectivity index (χ0v) is 15.2. The molecular weight excluding hydrogens is 332 g/mol. The highest BCUT2D eigenvalue weighted by Gasteiger charge is 2.17. The van der Waals surface area contributed by atoms with Crippen LogP contribution in [0, 0.1) is 6.92 Å². The molecule has 0 saturated heterocycles. The van der Waals surface area contributed by atoms with Crippen LogP contribution in [-0.2, 0) is 17.6 Å². The SMILES string of the molecule is CCC(Oc1ccc(CCCc2ccc(C(O)O)cc2)cc1C)C(=O)O. The van der Waals surface area contributed by atoms with Crippen LogP contribution in [-0.4, -0.2) is 27.4 Å². The van der Waals surface area contributed by atoms with Crippen molar-refractivity contribution in [1.82, 2.24) is 0 Å². The smallest absolute Gasteiger partial charge is 0.344 e. The Hall–Kier alpha value is -2.37. The maximum absolute atomic E-state index is 11.1. The second-order valence-corrected chi connectivity index (χ2v) is 6.42. The van der Waals surface area contributed by atoms with Crippen LogP contribution >= 0.6 is 0 Å². The minimum Gasteiger partial charge on any atom is -0.479 e. The summed E-state index contributed by atoms with van der Waals surface area (Å²) in [5.41, 5.74) is 3.76. The molecule has 0 aromatic heterocycles. The number of benzene rings is 2. The van der Waals surface area contributed by atoms with Gasteiger partial charge < -0.3 is 20.1 Å². The number of ether oxygens (including phenoxy) is 1. The summed E-state index contributed by atoms with van der Waals surface area (Å²) in [6.45, 7) is 3.71. The van der Waals surface area contributed by atoms with E-state index in [0.717, 1.165) is 30.4 Å². The molecule has 0 saturated carbocycles. The van der Waals surface area contributed by atoms with Crippen molar-refractivity contribution in [3.63, 3.8) is 0 Å². The molecule has 3 N–H and O–H groups in total. The van der Waals surface area contributed by atoms with E-state index in [4.69, 9.17) is 20.1 Å². The second kappa shape index (κ2) is 9.36. The van der Waals surface area contributed by atoms with E-state index in [1.165, 1.54) is 5.56 Å². The molecule has 5 heteroatoms. The lowest BCUT2D eigenvalue weighted by Crippen LogP contribution is -2.26. The molecule has 26 heavy (non-hydrogen) atoms. The molecule has 0 aliphatic heterocycles. The third-order valence-electron chi connectivity index (χ3n) is 4.36. The number of carbonyl (C=O) groups is 1. The predicted octanol–water partition coefficient (Wildman–Crippen LogP) is 3.40. The standard InChI is InChI=1S/C21H26O5/c1-3-18(21(24)25)26-19-12-9-16(13-14(19)2)6-4-5-15-7-10-17(11-8-15)20(22)23/h7-13,18,20,22-23H,3-6H2,1-2H3,(H,24,25). The van der Waals surface area contributed by atoms with Crippen LogP contribution in [0.25, 0.3) is 0 Å². The molecule has 0 heterocycles. The molecule has 0 aliphatic rings. The molecule has 5 nitrogen and oxygen atoms in total. The third kappa shape index (κ3) is 5.58. The summed E-state index contributed by atoms with van der Waals surface area (Å²) in [7, 11) is 0. The molecular formula is C21H26O5. The van der Waals surface area contributed by atoms with Crippen molar-refractivity contribution >= 4 is 5.97 Å². The van der Waals surface area contributed by atoms with Crippen molar-refractivity contribution in [2.45, 2.75) is 51.9 Å². The monoisotopic (exact) mass is 358 g/mol. The molecule has 2 rings (SSSR count). The first-order valence-electron chi connectivity index (χ1n) is 8.84. The van der Waals surface area contributed by atoms with Crippen molar-refractivity contribution in [1.29, 1.82) is 0 Å². The number of carboxylic acid groups (broad SMARTS) is 1. The first-order chi connectivity index (χ1) is 12.4. The molecule has 0 aliphatic carbocycles. The van der Waals surface area contributed by atoms with Crippen LogP contribution in [0.3, 0.4) is 0 Å². The Morgan fingerprint density at radius 1 is 1.04 bits per heavy atom. The van der Waals surface area contributed by atoms with Crippen molar-refractivity contribution in [3.05, 3.63) is 64.7 Å². The van der Waals surface area contributed by atoms with Gasteiger partial charge in [0.25, 0.3) is 0 Å². The normalized spacial score (nSPS) is 12.2. The molecule has 0 bridgehead atoms. The molecule has 140 valence electrons. The Balaban J connectivity index is 1.90. The topological polar surface area (TPSA) is 87.0 Å². The highest BCUT2D eigenvalue weighted by molar-refractivity contribution is 5.72. The number of aliphatic carboxylic acids is 1. The van der Waals surface area contributed by atoms with Gasteiger partial charge in [-0.1, -0.05) is 43.3 Å². The minimum atomic E-state index is -1.43. The lowest BCUT2D eigenvalue weighted by Gasteiger charge is -2.15. The van der Waals surface area contributed by atoms with Crippen LogP contribution in [0.2, 0.25) is 0 Å². The van der Waals surface area contributed by atoms with E-state index in [1.807, 2.05) is 37.3 Å². The Morgan fingerprint density at radius 2 is 1.65 bits per heavy atom. The Labute approximate surface area is 153 Å². The fourth-order valence-electron chi connectivity index (χ4n) is 2.81. The van der Waals surface area contributed by atoms with E-state index in [1.54, 1.807) is 19.1 Å². The maximum Gasteiger partial charge on any atom is 0.344 e. The third-order valence-corrected chi connectivity index (χ3v) is 4.36. The molecule has 1 atom stereocenters. The van der Waals surface area contributed by atoms with E-state index in [9.17, 15) is 4.79 Å². The molecule has 0 amide bonds. The van der Waals surface area contributed by atoms with Gasteiger partial charge in [-0.15, -0.1) is 0 Å². The van der Waals surface area contributed by atoms with Crippen molar-refractivity contribution in [3.8, 4) is 5.75 Å². The van der Waals surface area contributed by atoms with Gasteiger partial charge in [0.2, 0.25) is 0 Å². The number of carboxylic acids is 1. The number of hydrogen-bond acceptors (Lipinski definition) is 4. The summed E-state index contributed by atoms with van der Waals surface area (Å²) in [6, 6.07) is 13.1. The molecule has 2 aromatic rings. The Morgan fingerprint density at radius 3 is 2.19 bits per heavy atom. The predicted molar refractivity (Wildman–Crippen MR) is 99.2 cm³/mol. The largest absolute Gasteiger partial charge is 0.479 e. The fraction of sp³-hybridized carbons (Fsp3) is 0.381. The summed E-state index contributed by atoms with van der Waals surface area (Å²) >= 11 is 0. The average Bonchev–Trinajstić information content (AvgIpc) is 2.61. The zero-order chi connectivity index (χ0) is 19.1. The summed E-state index contributed by atoms with van der Waals surface area (Å²) in [5.74, 6) is -0.336. The van der Waals surface area contributed by atoms with Crippen LogP contribution in [0.15, 0.2) is 42.5 Å². The maximum atomic E-state index is 11.1. The number of aliphatic hydroxyl groups excluding tert-OH is 1. The van der Waals surface area contributed by atoms with Crippen molar-refractivity contribution in [2.75, 3.05) is 0 Å². The summed E-state index contributed by atoms with van der Waals surface area (Å²) < 4.78 is 5.57. The number of aliphatic hydroxyl groups is 2. The van der Waals surface area contributed by atoms with Crippen LogP contribution in [0.1, 0.15) is 48.3 Å². The van der Waals surface area contributed by atoms with Gasteiger partial charge in [-0.25, -0.2) is 4.79 Å². The summed E-state index contributed by atoms with van der Waals surface area (Å²) in [6.07, 6.45) is 0.939. The quantitative estimate of drug-likeness (QED) is 0.598. The van der Waals surface area contributed by atoms with E-state index < -0.39 is 18.4 Å². The number of rotatable bonds is 9. The molecule has 0 fully saturated rings. The van der Waals surface area contributed by atoms with Gasteiger partial charge in [-0.3, -0.25) is 0 Å². The van der Waals surface area contributed by atoms with Gasteiger partial charge in [0.05, 0.1) is 0 Å². The van der Waals surface area contributed by atoms with Gasteiger partial charge in [0, 0.05) is 5.56 Å². The zero-order valence-electron chi connectivity index (χ0n) is 15.2. The van der Waals surface area contributed by atoms with Crippen molar-refractivity contribution in [2.24, 2.45) is 0 Å². The summed E-state index contributed by atoms with van der Waals surface area (Å²) in [4.78, 5) is 11.1. The minimum absolute atomic E-state index is 0.419. The fourth-order valence-corrected chi connectivity index (χ4v) is 2.81. The Bertz CT molecular complexity index is 722. The van der Waals surface area contributed by atoms with E-state index in [-0.39, 0.29) is 0 Å². The van der Waals surface area contributed by atoms with Crippen LogP contribution < -0.4 is 4.74 Å². The molecule has 0 radical (unpaired) electrons. The highest BCUT2D eigenvalue weighted by Crippen LogP contribution is 2.22. The summed E-state index contributed by atoms with van der Waals surface area (Å²) in [5, 5.41) is 27.3. The molecule has 1 unspecified atom stereocenters. The lowest BCUT2D eigenvalue weighted by atomic mass is 10.0. The Kier molecular flexibility index (Phi) is 7.18. The first kappa shape index (κ1) is 19.9. The van der Waals surface area contributed by atoms with E-state index >= 15 is 0 Å². The second-order valence-electron chi connectivity index (χ2n) is 6.42. The average molecular weight is 358 g/mol.